The molecule has 3 saturated heterocycles. The molecule has 3 aliphatic heterocycles. The number of hydrogen-bond acceptors (Lipinski definition) is 8. The van der Waals surface area contributed by atoms with E-state index in [1.54, 1.807) is 4.90 Å². The number of carbonyl (C=O) groups excluding carboxylic acids is 4. The largest absolute Gasteiger partial charge is 0.348 e. The highest BCUT2D eigenvalue weighted by atomic mass is 32.2. The SMILES string of the molecule is CN(C)CCC(=O)N(CC(=O)[C@@H]1[C@H](C2CC2)N1C(=O)[C@@H]1CSC(=O)N1)CC1OCCO1. The molecule has 0 bridgehead atoms. The lowest BCUT2D eigenvalue weighted by Gasteiger charge is -2.25. The average Bonchev–Trinajstić information content (AvgIpc) is 3.60. The number of ketones is 1. The zero-order valence-electron chi connectivity index (χ0n) is 18.0. The number of Topliss-reactive ketones (excluding diaryl/α,β-unsaturated/α-hetero) is 1. The third-order valence-electron chi connectivity index (χ3n) is 6.05. The lowest BCUT2D eigenvalue weighted by molar-refractivity contribution is -0.141. The number of carbonyl (C=O) groups is 4. The van der Waals surface area contributed by atoms with Gasteiger partial charge >= 0.3 is 0 Å². The Morgan fingerprint density at radius 1 is 1.19 bits per heavy atom. The minimum absolute atomic E-state index is 0.0705. The Hall–Kier alpha value is -1.69. The maximum Gasteiger partial charge on any atom is 0.279 e. The van der Waals surface area contributed by atoms with Crippen LogP contribution in [0.15, 0.2) is 0 Å². The molecule has 1 N–H and O–H groups in total. The molecule has 3 atom stereocenters. The van der Waals surface area contributed by atoms with Crippen LogP contribution < -0.4 is 5.32 Å². The molecule has 0 aromatic heterocycles. The summed E-state index contributed by atoms with van der Waals surface area (Å²) in [4.78, 5) is 55.4. The van der Waals surface area contributed by atoms with Crippen molar-refractivity contribution in [1.82, 2.24) is 20.0 Å². The minimum atomic E-state index is -0.574. The summed E-state index contributed by atoms with van der Waals surface area (Å²) in [6.07, 6.45) is 1.76. The second-order valence-corrected chi connectivity index (χ2v) is 9.77. The summed E-state index contributed by atoms with van der Waals surface area (Å²) in [6.45, 7) is 1.64. The van der Waals surface area contributed by atoms with E-state index in [1.165, 1.54) is 4.90 Å². The van der Waals surface area contributed by atoms with Crippen molar-refractivity contribution < 1.29 is 28.7 Å². The molecule has 0 unspecified atom stereocenters. The van der Waals surface area contributed by atoms with Crippen molar-refractivity contribution >= 4 is 34.6 Å². The molecule has 4 aliphatic rings. The first-order chi connectivity index (χ1) is 14.8. The molecular formula is C20H30N4O6S. The first-order valence-electron chi connectivity index (χ1n) is 10.8. The molecular weight excluding hydrogens is 424 g/mol. The predicted molar refractivity (Wildman–Crippen MR) is 112 cm³/mol. The molecule has 0 aromatic rings. The maximum absolute atomic E-state index is 13.2. The summed E-state index contributed by atoms with van der Waals surface area (Å²) in [7, 11) is 3.78. The van der Waals surface area contributed by atoms with E-state index in [1.807, 2.05) is 19.0 Å². The van der Waals surface area contributed by atoms with Gasteiger partial charge < -0.3 is 29.5 Å². The van der Waals surface area contributed by atoms with Crippen molar-refractivity contribution in [2.24, 2.45) is 5.92 Å². The van der Waals surface area contributed by atoms with Crippen LogP contribution in [0.5, 0.6) is 0 Å². The fraction of sp³-hybridized carbons (Fsp3) is 0.800. The van der Waals surface area contributed by atoms with Gasteiger partial charge in [-0.2, -0.15) is 0 Å². The third kappa shape index (κ3) is 5.39. The molecule has 4 rings (SSSR count). The van der Waals surface area contributed by atoms with Crippen LogP contribution in [0.1, 0.15) is 19.3 Å². The normalized spacial score (nSPS) is 28.2. The van der Waals surface area contributed by atoms with E-state index in [9.17, 15) is 19.2 Å². The van der Waals surface area contributed by atoms with Crippen molar-refractivity contribution in [3.05, 3.63) is 0 Å². The highest BCUT2D eigenvalue weighted by Crippen LogP contribution is 2.47. The molecule has 31 heavy (non-hydrogen) atoms. The fourth-order valence-electron chi connectivity index (χ4n) is 4.21. The monoisotopic (exact) mass is 454 g/mol. The van der Waals surface area contributed by atoms with Gasteiger partial charge in [-0.3, -0.25) is 19.2 Å². The van der Waals surface area contributed by atoms with Gasteiger partial charge in [-0.15, -0.1) is 0 Å². The van der Waals surface area contributed by atoms with Crippen molar-refractivity contribution in [3.8, 4) is 0 Å². The van der Waals surface area contributed by atoms with Gasteiger partial charge in [0.15, 0.2) is 12.1 Å². The van der Waals surface area contributed by atoms with Gasteiger partial charge in [-0.05, 0) is 32.9 Å². The van der Waals surface area contributed by atoms with E-state index >= 15 is 0 Å². The second-order valence-electron chi connectivity index (χ2n) is 8.78. The Labute approximate surface area is 185 Å². The summed E-state index contributed by atoms with van der Waals surface area (Å²) in [5.41, 5.74) is 0. The molecule has 172 valence electrons. The highest BCUT2D eigenvalue weighted by Gasteiger charge is 2.62. The Morgan fingerprint density at radius 2 is 1.90 bits per heavy atom. The Kier molecular flexibility index (Phi) is 6.85. The Bertz CT molecular complexity index is 739. The summed E-state index contributed by atoms with van der Waals surface area (Å²) in [6, 6.07) is -1.20. The van der Waals surface area contributed by atoms with E-state index in [2.05, 4.69) is 5.32 Å². The standard InChI is InChI=1S/C20H30N4O6S/c1-22(2)6-5-15(26)23(10-16-29-7-8-30-16)9-14(25)18-17(12-3-4-12)24(18)19(27)13-11-31-20(28)21-13/h12-13,16-18H,3-11H2,1-2H3,(H,21,28)/t13-,17-,18+,24?/m0/s1. The van der Waals surface area contributed by atoms with E-state index in [0.717, 1.165) is 24.6 Å². The quantitative estimate of drug-likeness (QED) is 0.441. The zero-order chi connectivity index (χ0) is 22.1. The molecule has 3 heterocycles. The second kappa shape index (κ2) is 9.43. The molecule has 0 spiro atoms. The molecule has 1 saturated carbocycles. The van der Waals surface area contributed by atoms with Crippen molar-refractivity contribution in [3.63, 3.8) is 0 Å². The molecule has 3 amide bonds. The number of nitrogens with zero attached hydrogens (tertiary/aromatic N) is 3. The van der Waals surface area contributed by atoms with E-state index in [4.69, 9.17) is 9.47 Å². The topological polar surface area (TPSA) is 108 Å². The van der Waals surface area contributed by atoms with Crippen LogP contribution in [0.3, 0.4) is 0 Å². The number of ether oxygens (including phenoxy) is 2. The van der Waals surface area contributed by atoms with Crippen LogP contribution in [0.2, 0.25) is 0 Å². The lowest BCUT2D eigenvalue weighted by atomic mass is 10.1. The van der Waals surface area contributed by atoms with Gasteiger partial charge in [0, 0.05) is 18.7 Å². The van der Waals surface area contributed by atoms with Gasteiger partial charge in [0.25, 0.3) is 5.24 Å². The predicted octanol–water partition coefficient (Wildman–Crippen LogP) is -0.477. The number of amides is 3. The van der Waals surface area contributed by atoms with E-state index in [0.29, 0.717) is 31.4 Å². The Morgan fingerprint density at radius 3 is 2.48 bits per heavy atom. The average molecular weight is 455 g/mol. The minimum Gasteiger partial charge on any atom is -0.348 e. The maximum atomic E-state index is 13.2. The van der Waals surface area contributed by atoms with Gasteiger partial charge in [0.1, 0.15) is 12.1 Å². The molecule has 4 fully saturated rings. The highest BCUT2D eigenvalue weighted by molar-refractivity contribution is 8.14. The van der Waals surface area contributed by atoms with Gasteiger partial charge in [0.05, 0.1) is 32.3 Å². The van der Waals surface area contributed by atoms with Gasteiger partial charge in [0.2, 0.25) is 11.8 Å². The molecule has 11 heteroatoms. The summed E-state index contributed by atoms with van der Waals surface area (Å²) >= 11 is 1.09. The zero-order valence-corrected chi connectivity index (χ0v) is 18.8. The summed E-state index contributed by atoms with van der Waals surface area (Å²) in [5, 5.41) is 2.46. The van der Waals surface area contributed by atoms with Gasteiger partial charge in [-0.25, -0.2) is 0 Å². The van der Waals surface area contributed by atoms with Crippen LogP contribution >= 0.6 is 11.8 Å². The van der Waals surface area contributed by atoms with Crippen molar-refractivity contribution in [2.45, 2.75) is 43.7 Å². The van der Waals surface area contributed by atoms with Crippen LogP contribution in [0.25, 0.3) is 0 Å². The van der Waals surface area contributed by atoms with Crippen molar-refractivity contribution in [2.75, 3.05) is 52.7 Å². The third-order valence-corrected chi connectivity index (χ3v) is 6.93. The smallest absolute Gasteiger partial charge is 0.279 e. The Balaban J connectivity index is 1.40. The first kappa shape index (κ1) is 22.5. The summed E-state index contributed by atoms with van der Waals surface area (Å²) in [5.74, 6) is 0.252. The first-order valence-corrected chi connectivity index (χ1v) is 11.8. The molecule has 1 aliphatic carbocycles. The van der Waals surface area contributed by atoms with Crippen LogP contribution in [0.4, 0.5) is 4.79 Å². The number of thioether (sulfide) groups is 1. The number of nitrogens with one attached hydrogen (secondary N) is 1. The van der Waals surface area contributed by atoms with Crippen molar-refractivity contribution in [1.29, 1.82) is 0 Å². The van der Waals surface area contributed by atoms with E-state index in [-0.39, 0.29) is 48.4 Å². The molecule has 0 radical (unpaired) electrons. The van der Waals surface area contributed by atoms with Crippen LogP contribution in [-0.2, 0) is 23.9 Å². The molecule has 10 nitrogen and oxygen atoms in total. The lowest BCUT2D eigenvalue weighted by Crippen LogP contribution is -2.44. The van der Waals surface area contributed by atoms with E-state index < -0.39 is 18.4 Å². The van der Waals surface area contributed by atoms with Crippen LogP contribution in [-0.4, -0.2) is 115 Å². The number of hydrogen-bond donors (Lipinski definition) is 1. The van der Waals surface area contributed by atoms with Gasteiger partial charge in [-0.1, -0.05) is 11.8 Å². The molecule has 0 aromatic carbocycles. The fourth-order valence-corrected chi connectivity index (χ4v) is 4.97. The number of rotatable bonds is 10. The van der Waals surface area contributed by atoms with Crippen LogP contribution in [0, 0.1) is 5.92 Å². The summed E-state index contributed by atoms with van der Waals surface area (Å²) < 4.78 is 11.0.